The van der Waals surface area contributed by atoms with Gasteiger partial charge in [-0.25, -0.2) is 0 Å². The summed E-state index contributed by atoms with van der Waals surface area (Å²) in [4.78, 5) is 2.49. The number of nitrogens with one attached hydrogen (secondary N) is 1. The molecule has 0 radical (unpaired) electrons. The lowest BCUT2D eigenvalue weighted by atomic mass is 9.91. The number of hydrogen-bond donors (Lipinski definition) is 1. The molecule has 1 heterocycles. The van der Waals surface area contributed by atoms with E-state index >= 15 is 0 Å². The highest BCUT2D eigenvalue weighted by molar-refractivity contribution is 6.33. The predicted octanol–water partition coefficient (Wildman–Crippen LogP) is 3.68. The van der Waals surface area contributed by atoms with Crippen molar-refractivity contribution in [2.75, 3.05) is 18.5 Å². The third-order valence-electron chi connectivity index (χ3n) is 4.10. The van der Waals surface area contributed by atoms with Crippen LogP contribution in [0.1, 0.15) is 32.3 Å². The minimum absolute atomic E-state index is 0.564. The van der Waals surface area contributed by atoms with Crippen LogP contribution in [-0.4, -0.2) is 19.6 Å². The zero-order valence-corrected chi connectivity index (χ0v) is 12.3. The summed E-state index contributed by atoms with van der Waals surface area (Å²) in [6, 6.07) is 6.77. The Morgan fingerprint density at radius 1 is 1.39 bits per heavy atom. The van der Waals surface area contributed by atoms with E-state index in [4.69, 9.17) is 11.6 Å². The quantitative estimate of drug-likeness (QED) is 0.898. The number of halogens is 1. The molecule has 0 spiro atoms. The highest BCUT2D eigenvalue weighted by Gasteiger charge is 2.27. The molecule has 1 N–H and O–H groups in total. The molecule has 2 nitrogen and oxygen atoms in total. The molecular formula is C15H23ClN2. The average molecular weight is 267 g/mol. The second kappa shape index (κ2) is 5.94. The van der Waals surface area contributed by atoms with Crippen molar-refractivity contribution in [2.45, 2.75) is 39.3 Å². The molecule has 0 amide bonds. The van der Waals surface area contributed by atoms with Crippen LogP contribution in [0.25, 0.3) is 0 Å². The molecule has 0 aliphatic carbocycles. The van der Waals surface area contributed by atoms with Gasteiger partial charge in [0.15, 0.2) is 0 Å². The molecule has 1 saturated heterocycles. The average Bonchev–Trinajstić information content (AvgIpc) is 2.34. The summed E-state index contributed by atoms with van der Waals surface area (Å²) in [5.41, 5.74) is 2.53. The minimum atomic E-state index is 0.564. The van der Waals surface area contributed by atoms with Crippen molar-refractivity contribution in [3.8, 4) is 0 Å². The van der Waals surface area contributed by atoms with E-state index in [1.54, 1.807) is 0 Å². The molecule has 1 aliphatic heterocycles. The van der Waals surface area contributed by atoms with Gasteiger partial charge >= 0.3 is 0 Å². The van der Waals surface area contributed by atoms with Crippen LogP contribution in [0.4, 0.5) is 5.69 Å². The molecule has 0 bridgehead atoms. The maximum absolute atomic E-state index is 6.44. The van der Waals surface area contributed by atoms with Gasteiger partial charge in [-0.1, -0.05) is 30.7 Å². The molecule has 1 aromatic carbocycles. The van der Waals surface area contributed by atoms with E-state index in [2.05, 4.69) is 30.1 Å². The second-order valence-electron chi connectivity index (χ2n) is 5.33. The Bertz CT molecular complexity index is 405. The number of hydrogen-bond acceptors (Lipinski definition) is 2. The number of benzene rings is 1. The Balaban J connectivity index is 2.36. The maximum Gasteiger partial charge on any atom is 0.0643 e. The SMILES string of the molecule is CNCc1cccc(Cl)c1N1CCCC(C)C1C. The summed E-state index contributed by atoms with van der Waals surface area (Å²) < 4.78 is 0. The van der Waals surface area contributed by atoms with Gasteiger partial charge in [-0.3, -0.25) is 0 Å². The normalized spacial score (nSPS) is 24.3. The van der Waals surface area contributed by atoms with E-state index in [1.807, 2.05) is 19.2 Å². The van der Waals surface area contributed by atoms with E-state index in [-0.39, 0.29) is 0 Å². The summed E-state index contributed by atoms with van der Waals surface area (Å²) >= 11 is 6.44. The van der Waals surface area contributed by atoms with Crippen LogP contribution in [-0.2, 0) is 6.54 Å². The van der Waals surface area contributed by atoms with Crippen molar-refractivity contribution < 1.29 is 0 Å². The van der Waals surface area contributed by atoms with Gasteiger partial charge in [-0.2, -0.15) is 0 Å². The standard InChI is InChI=1S/C15H23ClN2/c1-11-6-5-9-18(12(11)2)15-13(10-17-3)7-4-8-14(15)16/h4,7-8,11-12,17H,5-6,9-10H2,1-3H3. The first kappa shape index (κ1) is 13.7. The van der Waals surface area contributed by atoms with E-state index in [9.17, 15) is 0 Å². The fourth-order valence-corrected chi connectivity index (χ4v) is 3.17. The van der Waals surface area contributed by atoms with Gasteiger partial charge < -0.3 is 10.2 Å². The van der Waals surface area contributed by atoms with Crippen LogP contribution in [0.2, 0.25) is 5.02 Å². The van der Waals surface area contributed by atoms with Crippen LogP contribution in [0, 0.1) is 5.92 Å². The predicted molar refractivity (Wildman–Crippen MR) is 79.4 cm³/mol. The third kappa shape index (κ3) is 2.65. The lowest BCUT2D eigenvalue weighted by Gasteiger charge is -2.41. The van der Waals surface area contributed by atoms with Gasteiger partial charge in [0.05, 0.1) is 10.7 Å². The zero-order valence-electron chi connectivity index (χ0n) is 11.5. The summed E-state index contributed by atoms with van der Waals surface area (Å²) in [5.74, 6) is 0.734. The molecule has 2 rings (SSSR count). The molecule has 1 aromatic rings. The number of para-hydroxylation sites is 1. The Morgan fingerprint density at radius 3 is 2.89 bits per heavy atom. The third-order valence-corrected chi connectivity index (χ3v) is 4.40. The second-order valence-corrected chi connectivity index (χ2v) is 5.74. The van der Waals surface area contributed by atoms with Gasteiger partial charge in [0, 0.05) is 19.1 Å². The van der Waals surface area contributed by atoms with Crippen molar-refractivity contribution in [1.29, 1.82) is 0 Å². The van der Waals surface area contributed by atoms with Crippen molar-refractivity contribution in [3.63, 3.8) is 0 Å². The molecule has 2 atom stereocenters. The van der Waals surface area contributed by atoms with E-state index in [0.29, 0.717) is 6.04 Å². The van der Waals surface area contributed by atoms with Gasteiger partial charge in [-0.05, 0) is 44.4 Å². The number of piperidine rings is 1. The highest BCUT2D eigenvalue weighted by atomic mass is 35.5. The largest absolute Gasteiger partial charge is 0.367 e. The van der Waals surface area contributed by atoms with Gasteiger partial charge in [0.1, 0.15) is 0 Å². The highest BCUT2D eigenvalue weighted by Crippen LogP contribution is 2.35. The summed E-state index contributed by atoms with van der Waals surface area (Å²) in [5, 5.41) is 4.11. The molecule has 1 fully saturated rings. The fraction of sp³-hybridized carbons (Fsp3) is 0.600. The van der Waals surface area contributed by atoms with Crippen LogP contribution in [0.3, 0.4) is 0 Å². The zero-order chi connectivity index (χ0) is 13.1. The van der Waals surface area contributed by atoms with Crippen LogP contribution in [0.15, 0.2) is 18.2 Å². The summed E-state index contributed by atoms with van der Waals surface area (Å²) in [6.07, 6.45) is 2.58. The maximum atomic E-state index is 6.44. The van der Waals surface area contributed by atoms with Crippen molar-refractivity contribution >= 4 is 17.3 Å². The Labute approximate surface area is 115 Å². The number of nitrogens with zero attached hydrogens (tertiary/aromatic N) is 1. The monoisotopic (exact) mass is 266 g/mol. The van der Waals surface area contributed by atoms with Gasteiger partial charge in [0.2, 0.25) is 0 Å². The molecule has 2 unspecified atom stereocenters. The van der Waals surface area contributed by atoms with Crippen LogP contribution < -0.4 is 10.2 Å². The minimum Gasteiger partial charge on any atom is -0.367 e. The van der Waals surface area contributed by atoms with E-state index in [1.165, 1.54) is 24.1 Å². The molecule has 0 aromatic heterocycles. The van der Waals surface area contributed by atoms with Crippen molar-refractivity contribution in [3.05, 3.63) is 28.8 Å². The molecule has 100 valence electrons. The Morgan fingerprint density at radius 2 is 2.17 bits per heavy atom. The molecular weight excluding hydrogens is 244 g/mol. The lowest BCUT2D eigenvalue weighted by Crippen LogP contribution is -2.43. The smallest absolute Gasteiger partial charge is 0.0643 e. The van der Waals surface area contributed by atoms with E-state index < -0.39 is 0 Å². The molecule has 3 heteroatoms. The van der Waals surface area contributed by atoms with E-state index in [0.717, 1.165) is 24.0 Å². The van der Waals surface area contributed by atoms with Gasteiger partial charge in [-0.15, -0.1) is 0 Å². The first-order valence-corrected chi connectivity index (χ1v) is 7.21. The first-order chi connectivity index (χ1) is 8.65. The summed E-state index contributed by atoms with van der Waals surface area (Å²) in [7, 11) is 1.98. The Hall–Kier alpha value is -0.730. The molecule has 0 saturated carbocycles. The van der Waals surface area contributed by atoms with Crippen molar-refractivity contribution in [1.82, 2.24) is 5.32 Å². The Kier molecular flexibility index (Phi) is 4.52. The summed E-state index contributed by atoms with van der Waals surface area (Å²) in [6.45, 7) is 6.64. The number of anilines is 1. The molecule has 1 aliphatic rings. The lowest BCUT2D eigenvalue weighted by molar-refractivity contribution is 0.363. The van der Waals surface area contributed by atoms with Crippen molar-refractivity contribution in [2.24, 2.45) is 5.92 Å². The van der Waals surface area contributed by atoms with Gasteiger partial charge in [0.25, 0.3) is 0 Å². The molecule has 18 heavy (non-hydrogen) atoms. The fourth-order valence-electron chi connectivity index (χ4n) is 2.87. The van der Waals surface area contributed by atoms with Crippen LogP contribution >= 0.6 is 11.6 Å². The topological polar surface area (TPSA) is 15.3 Å². The van der Waals surface area contributed by atoms with Crippen LogP contribution in [0.5, 0.6) is 0 Å². The number of rotatable bonds is 3. The first-order valence-electron chi connectivity index (χ1n) is 6.83.